The molecule has 1 N–H and O–H groups in total. The van der Waals surface area contributed by atoms with Gasteiger partial charge >= 0.3 is 0 Å². The molecule has 0 aliphatic heterocycles. The SMILES string of the molecule is CN(C)CCOCCNc1ncncc1I. The first-order valence-corrected chi connectivity index (χ1v) is 6.20. The molecule has 0 saturated carbocycles. The fourth-order valence-electron chi connectivity index (χ4n) is 1.03. The average molecular weight is 336 g/mol. The van der Waals surface area contributed by atoms with Crippen LogP contribution in [0.15, 0.2) is 12.5 Å². The molecule has 1 aromatic heterocycles. The molecule has 0 spiro atoms. The molecule has 0 saturated heterocycles. The Morgan fingerprint density at radius 1 is 1.44 bits per heavy atom. The van der Waals surface area contributed by atoms with E-state index >= 15 is 0 Å². The molecule has 0 aliphatic carbocycles. The lowest BCUT2D eigenvalue weighted by atomic mass is 10.5. The summed E-state index contributed by atoms with van der Waals surface area (Å²) in [5.74, 6) is 0.867. The summed E-state index contributed by atoms with van der Waals surface area (Å²) in [7, 11) is 4.07. The number of rotatable bonds is 7. The van der Waals surface area contributed by atoms with Crippen molar-refractivity contribution in [3.63, 3.8) is 0 Å². The van der Waals surface area contributed by atoms with E-state index in [2.05, 4.69) is 42.8 Å². The van der Waals surface area contributed by atoms with E-state index in [4.69, 9.17) is 4.74 Å². The predicted molar refractivity (Wildman–Crippen MR) is 72.6 cm³/mol. The van der Waals surface area contributed by atoms with Crippen molar-refractivity contribution in [2.45, 2.75) is 0 Å². The minimum absolute atomic E-state index is 0.688. The van der Waals surface area contributed by atoms with Crippen molar-refractivity contribution in [3.8, 4) is 0 Å². The summed E-state index contributed by atoms with van der Waals surface area (Å²) < 4.78 is 6.48. The van der Waals surface area contributed by atoms with Crippen LogP contribution in [0, 0.1) is 3.57 Å². The Hall–Kier alpha value is -0.470. The van der Waals surface area contributed by atoms with Crippen LogP contribution in [-0.2, 0) is 4.74 Å². The van der Waals surface area contributed by atoms with Crippen molar-refractivity contribution in [1.82, 2.24) is 14.9 Å². The van der Waals surface area contributed by atoms with E-state index in [9.17, 15) is 0 Å². The maximum atomic E-state index is 5.46. The number of halogens is 1. The van der Waals surface area contributed by atoms with Crippen molar-refractivity contribution in [1.29, 1.82) is 0 Å². The molecule has 1 heterocycles. The maximum Gasteiger partial charge on any atom is 0.142 e. The molecule has 0 fully saturated rings. The first kappa shape index (κ1) is 13.6. The third-order valence-electron chi connectivity index (χ3n) is 1.89. The van der Waals surface area contributed by atoms with Crippen LogP contribution in [0.3, 0.4) is 0 Å². The topological polar surface area (TPSA) is 50.3 Å². The lowest BCUT2D eigenvalue weighted by molar-refractivity contribution is 0.126. The summed E-state index contributed by atoms with van der Waals surface area (Å²) in [6, 6.07) is 0. The van der Waals surface area contributed by atoms with E-state index in [1.165, 1.54) is 6.33 Å². The van der Waals surface area contributed by atoms with Gasteiger partial charge in [0.15, 0.2) is 0 Å². The molecule has 0 amide bonds. The van der Waals surface area contributed by atoms with Crippen LogP contribution in [0.5, 0.6) is 0 Å². The van der Waals surface area contributed by atoms with E-state index in [1.807, 2.05) is 14.1 Å². The van der Waals surface area contributed by atoms with Crippen molar-refractivity contribution in [3.05, 3.63) is 16.1 Å². The Bertz CT molecular complexity index is 309. The number of nitrogens with zero attached hydrogens (tertiary/aromatic N) is 3. The minimum Gasteiger partial charge on any atom is -0.378 e. The molecule has 16 heavy (non-hydrogen) atoms. The molecule has 6 heteroatoms. The van der Waals surface area contributed by atoms with Gasteiger partial charge in [0, 0.05) is 19.3 Å². The zero-order valence-electron chi connectivity index (χ0n) is 9.61. The number of nitrogens with one attached hydrogen (secondary N) is 1. The van der Waals surface area contributed by atoms with Crippen LogP contribution < -0.4 is 5.32 Å². The number of anilines is 1. The Morgan fingerprint density at radius 3 is 2.94 bits per heavy atom. The summed E-state index contributed by atoms with van der Waals surface area (Å²) in [6.07, 6.45) is 3.32. The fourth-order valence-corrected chi connectivity index (χ4v) is 1.52. The van der Waals surface area contributed by atoms with E-state index < -0.39 is 0 Å². The number of ether oxygens (including phenoxy) is 1. The second-order valence-corrected chi connectivity index (χ2v) is 4.72. The van der Waals surface area contributed by atoms with Crippen LogP contribution >= 0.6 is 22.6 Å². The van der Waals surface area contributed by atoms with Crippen LogP contribution in [-0.4, -0.2) is 55.3 Å². The molecule has 1 rings (SSSR count). The van der Waals surface area contributed by atoms with Crippen molar-refractivity contribution in [2.24, 2.45) is 0 Å². The van der Waals surface area contributed by atoms with Gasteiger partial charge in [0.05, 0.1) is 16.8 Å². The molecule has 1 aromatic rings. The molecule has 0 radical (unpaired) electrons. The summed E-state index contributed by atoms with van der Waals surface area (Å²) in [5, 5.41) is 3.20. The van der Waals surface area contributed by atoms with E-state index in [1.54, 1.807) is 6.20 Å². The average Bonchev–Trinajstić information content (AvgIpc) is 2.25. The van der Waals surface area contributed by atoms with Gasteiger partial charge in [-0.2, -0.15) is 0 Å². The van der Waals surface area contributed by atoms with Crippen molar-refractivity contribution < 1.29 is 4.74 Å². The molecule has 90 valence electrons. The largest absolute Gasteiger partial charge is 0.378 e. The number of hydrogen-bond acceptors (Lipinski definition) is 5. The second-order valence-electron chi connectivity index (χ2n) is 3.56. The third-order valence-corrected chi connectivity index (χ3v) is 2.68. The lowest BCUT2D eigenvalue weighted by Gasteiger charge is -2.10. The first-order chi connectivity index (χ1) is 7.70. The monoisotopic (exact) mass is 336 g/mol. The highest BCUT2D eigenvalue weighted by Gasteiger charge is 1.98. The fraction of sp³-hybridized carbons (Fsp3) is 0.600. The Labute approximate surface area is 110 Å². The standard InChI is InChI=1S/C10H17IN4O/c1-15(2)4-6-16-5-3-13-10-9(11)7-12-8-14-10/h7-8H,3-6H2,1-2H3,(H,12,13,14). The van der Waals surface area contributed by atoms with Crippen LogP contribution in [0.4, 0.5) is 5.82 Å². The summed E-state index contributed by atoms with van der Waals surface area (Å²) in [6.45, 7) is 3.16. The van der Waals surface area contributed by atoms with Gasteiger partial charge in [-0.1, -0.05) is 0 Å². The molecule has 0 bridgehead atoms. The molecule has 0 unspecified atom stereocenters. The van der Waals surface area contributed by atoms with Crippen LogP contribution in [0.25, 0.3) is 0 Å². The van der Waals surface area contributed by atoms with E-state index in [0.717, 1.165) is 29.1 Å². The van der Waals surface area contributed by atoms with E-state index in [-0.39, 0.29) is 0 Å². The Balaban J connectivity index is 2.10. The number of hydrogen-bond donors (Lipinski definition) is 1. The third kappa shape index (κ3) is 5.57. The van der Waals surface area contributed by atoms with E-state index in [0.29, 0.717) is 6.61 Å². The van der Waals surface area contributed by atoms with Crippen molar-refractivity contribution >= 4 is 28.4 Å². The molecule has 0 atom stereocenters. The molecule has 0 aliphatic rings. The quantitative estimate of drug-likeness (QED) is 0.596. The van der Waals surface area contributed by atoms with Gasteiger partial charge in [0.2, 0.25) is 0 Å². The number of aromatic nitrogens is 2. The van der Waals surface area contributed by atoms with Crippen LogP contribution in [0.2, 0.25) is 0 Å². The number of likely N-dealkylation sites (N-methyl/N-ethyl adjacent to an activating group) is 1. The second kappa shape index (κ2) is 7.75. The van der Waals surface area contributed by atoms with Gasteiger partial charge < -0.3 is 15.0 Å². The van der Waals surface area contributed by atoms with Gasteiger partial charge in [0.1, 0.15) is 12.1 Å². The van der Waals surface area contributed by atoms with Gasteiger partial charge in [-0.05, 0) is 36.7 Å². The Morgan fingerprint density at radius 2 is 2.25 bits per heavy atom. The zero-order valence-corrected chi connectivity index (χ0v) is 11.8. The Kier molecular flexibility index (Phi) is 6.58. The minimum atomic E-state index is 0.688. The van der Waals surface area contributed by atoms with Gasteiger partial charge in [0.25, 0.3) is 0 Å². The molecule has 5 nitrogen and oxygen atoms in total. The molecular weight excluding hydrogens is 319 g/mol. The molecular formula is C10H17IN4O. The lowest BCUT2D eigenvalue weighted by Crippen LogP contribution is -2.20. The van der Waals surface area contributed by atoms with Gasteiger partial charge in [-0.3, -0.25) is 0 Å². The maximum absolute atomic E-state index is 5.46. The highest BCUT2D eigenvalue weighted by Crippen LogP contribution is 2.11. The summed E-state index contributed by atoms with van der Waals surface area (Å²) in [5.41, 5.74) is 0. The van der Waals surface area contributed by atoms with Crippen molar-refractivity contribution in [2.75, 3.05) is 45.7 Å². The summed E-state index contributed by atoms with van der Waals surface area (Å²) in [4.78, 5) is 10.2. The summed E-state index contributed by atoms with van der Waals surface area (Å²) >= 11 is 2.20. The highest BCUT2D eigenvalue weighted by molar-refractivity contribution is 14.1. The smallest absolute Gasteiger partial charge is 0.142 e. The normalized spacial score (nSPS) is 10.8. The first-order valence-electron chi connectivity index (χ1n) is 5.12. The van der Waals surface area contributed by atoms with Gasteiger partial charge in [-0.25, -0.2) is 9.97 Å². The van der Waals surface area contributed by atoms with Crippen LogP contribution in [0.1, 0.15) is 0 Å². The highest BCUT2D eigenvalue weighted by atomic mass is 127. The van der Waals surface area contributed by atoms with Gasteiger partial charge in [-0.15, -0.1) is 0 Å². The molecule has 0 aromatic carbocycles. The predicted octanol–water partition coefficient (Wildman–Crippen LogP) is 1.07. The zero-order chi connectivity index (χ0) is 11.8.